The zero-order chi connectivity index (χ0) is 27.5. The maximum absolute atomic E-state index is 12.8. The quantitative estimate of drug-likeness (QED) is 0.119. The van der Waals surface area contributed by atoms with E-state index >= 15 is 0 Å². The van der Waals surface area contributed by atoms with Crippen LogP contribution in [0.15, 0.2) is 50.7 Å². The fourth-order valence-electron chi connectivity index (χ4n) is 5.48. The average molecular weight is 553 g/mol. The Labute approximate surface area is 242 Å². The first-order valence-corrected chi connectivity index (χ1v) is 16.6. The molecule has 0 aromatic heterocycles. The van der Waals surface area contributed by atoms with Crippen molar-refractivity contribution < 1.29 is 9.53 Å². The zero-order valence-corrected chi connectivity index (χ0v) is 25.4. The number of hydrogen-bond acceptors (Lipinski definition) is 5. The maximum atomic E-state index is 12.8. The molecule has 0 spiro atoms. The molecule has 0 saturated carbocycles. The molecule has 1 fully saturated rings. The molecule has 1 aromatic carbocycles. The summed E-state index contributed by atoms with van der Waals surface area (Å²) in [5.41, 5.74) is 3.05. The number of hydrogen-bond donors (Lipinski definition) is 0. The third-order valence-corrected chi connectivity index (χ3v) is 9.03. The van der Waals surface area contributed by atoms with Gasteiger partial charge in [-0.05, 0) is 60.7 Å². The van der Waals surface area contributed by atoms with E-state index in [2.05, 4.69) is 41.7 Å². The van der Waals surface area contributed by atoms with E-state index in [1.54, 1.807) is 11.8 Å². The molecule has 0 radical (unpaired) electrons. The predicted octanol–water partition coefficient (Wildman–Crippen LogP) is 9.99. The molecule has 39 heavy (non-hydrogen) atoms. The van der Waals surface area contributed by atoms with Gasteiger partial charge in [0.1, 0.15) is 0 Å². The molecule has 1 heterocycles. The first-order valence-electron chi connectivity index (χ1n) is 15.8. The molecule has 5 heteroatoms. The SMILES string of the molecule is C=Nc1ccc(N2CCOCC2)cc1SC1=CC(=O)C(CCCCCCCCCCCCCCCCC)=CC1. The number of morpholine rings is 1. The van der Waals surface area contributed by atoms with Crippen LogP contribution in [0.2, 0.25) is 0 Å². The van der Waals surface area contributed by atoms with Gasteiger partial charge in [-0.2, -0.15) is 0 Å². The highest BCUT2D eigenvalue weighted by Gasteiger charge is 2.17. The molecule has 0 amide bonds. The Balaban J connectivity index is 1.27. The third kappa shape index (κ3) is 12.0. The summed E-state index contributed by atoms with van der Waals surface area (Å²) in [5.74, 6) is 0.187. The van der Waals surface area contributed by atoms with E-state index in [1.807, 2.05) is 12.1 Å². The summed E-state index contributed by atoms with van der Waals surface area (Å²) in [6.45, 7) is 9.36. The Kier molecular flexibility index (Phi) is 15.6. The summed E-state index contributed by atoms with van der Waals surface area (Å²) in [6.07, 6.45) is 26.2. The Morgan fingerprint density at radius 3 is 2.03 bits per heavy atom. The van der Waals surface area contributed by atoms with Crippen LogP contribution in [0.4, 0.5) is 11.4 Å². The summed E-state index contributed by atoms with van der Waals surface area (Å²) in [4.78, 5) is 21.5. The molecule has 1 aliphatic heterocycles. The number of thioether (sulfide) groups is 1. The normalized spacial score (nSPS) is 15.8. The molecule has 0 N–H and O–H groups in total. The lowest BCUT2D eigenvalue weighted by molar-refractivity contribution is -0.111. The van der Waals surface area contributed by atoms with Crippen LogP contribution in [0.3, 0.4) is 0 Å². The second-order valence-corrected chi connectivity index (χ2v) is 12.3. The number of carbonyl (C=O) groups excluding carboxylic acids is 1. The number of nitrogens with zero attached hydrogens (tertiary/aromatic N) is 2. The number of aliphatic imine (C=N–C) groups is 1. The van der Waals surface area contributed by atoms with E-state index in [9.17, 15) is 4.79 Å². The van der Waals surface area contributed by atoms with Crippen LogP contribution in [-0.4, -0.2) is 38.8 Å². The molecule has 3 rings (SSSR count). The van der Waals surface area contributed by atoms with E-state index in [-0.39, 0.29) is 5.78 Å². The Hall–Kier alpha value is -1.85. The van der Waals surface area contributed by atoms with Crippen molar-refractivity contribution in [3.63, 3.8) is 0 Å². The van der Waals surface area contributed by atoms with Crippen molar-refractivity contribution in [3.8, 4) is 0 Å². The monoisotopic (exact) mass is 552 g/mol. The number of carbonyl (C=O) groups is 1. The van der Waals surface area contributed by atoms with Crippen molar-refractivity contribution in [1.82, 2.24) is 0 Å². The lowest BCUT2D eigenvalue weighted by atomic mass is 9.97. The van der Waals surface area contributed by atoms with E-state index in [4.69, 9.17) is 4.74 Å². The van der Waals surface area contributed by atoms with Gasteiger partial charge in [-0.25, -0.2) is 0 Å². The van der Waals surface area contributed by atoms with Crippen molar-refractivity contribution in [2.75, 3.05) is 31.2 Å². The van der Waals surface area contributed by atoms with E-state index in [0.717, 1.165) is 66.6 Å². The van der Waals surface area contributed by atoms with Gasteiger partial charge in [-0.3, -0.25) is 9.79 Å². The van der Waals surface area contributed by atoms with Crippen molar-refractivity contribution >= 4 is 35.6 Å². The van der Waals surface area contributed by atoms with Gasteiger partial charge in [0.15, 0.2) is 5.78 Å². The average Bonchev–Trinajstić information content (AvgIpc) is 2.96. The van der Waals surface area contributed by atoms with Crippen LogP contribution >= 0.6 is 11.8 Å². The van der Waals surface area contributed by atoms with Gasteiger partial charge in [0, 0.05) is 23.7 Å². The zero-order valence-electron chi connectivity index (χ0n) is 24.6. The van der Waals surface area contributed by atoms with Crippen LogP contribution in [0.5, 0.6) is 0 Å². The standard InChI is InChI=1S/C34H52N2O2S/c1-3-4-5-6-7-8-9-10-11-12-13-14-15-16-17-18-29-19-21-31(28-33(29)37)39-34-27-30(20-22-32(34)35-2)36-23-25-38-26-24-36/h19-20,22,27-28H,2-18,21,23-26H2,1H3. The number of unbranched alkanes of at least 4 members (excludes halogenated alkanes) is 14. The second-order valence-electron chi connectivity index (χ2n) is 11.1. The maximum Gasteiger partial charge on any atom is 0.182 e. The Morgan fingerprint density at radius 1 is 0.872 bits per heavy atom. The number of benzene rings is 1. The molecule has 1 saturated heterocycles. The van der Waals surface area contributed by atoms with Crippen LogP contribution in [0.25, 0.3) is 0 Å². The first kappa shape index (κ1) is 31.7. The van der Waals surface area contributed by atoms with Crippen LogP contribution in [-0.2, 0) is 9.53 Å². The van der Waals surface area contributed by atoms with E-state index in [1.165, 1.54) is 95.6 Å². The fraction of sp³-hybridized carbons (Fsp3) is 0.647. The molecular formula is C34H52N2O2S. The lowest BCUT2D eigenvalue weighted by Gasteiger charge is -2.29. The molecule has 4 nitrogen and oxygen atoms in total. The first-order chi connectivity index (χ1) is 19.2. The van der Waals surface area contributed by atoms with Crippen molar-refractivity contribution in [1.29, 1.82) is 0 Å². The van der Waals surface area contributed by atoms with Gasteiger partial charge in [-0.1, -0.05) is 115 Å². The van der Waals surface area contributed by atoms with Crippen LogP contribution < -0.4 is 4.90 Å². The minimum atomic E-state index is 0.187. The van der Waals surface area contributed by atoms with Gasteiger partial charge in [0.25, 0.3) is 0 Å². The molecule has 1 aliphatic carbocycles. The number of ether oxygens (including phenoxy) is 1. The molecule has 216 valence electrons. The minimum Gasteiger partial charge on any atom is -0.378 e. The summed E-state index contributed by atoms with van der Waals surface area (Å²) >= 11 is 1.65. The van der Waals surface area contributed by atoms with Gasteiger partial charge in [0.2, 0.25) is 0 Å². The van der Waals surface area contributed by atoms with Crippen LogP contribution in [0.1, 0.15) is 116 Å². The van der Waals surface area contributed by atoms with E-state index < -0.39 is 0 Å². The van der Waals surface area contributed by atoms with Crippen molar-refractivity contribution in [2.24, 2.45) is 4.99 Å². The summed E-state index contributed by atoms with van der Waals surface area (Å²) in [7, 11) is 0. The van der Waals surface area contributed by atoms with Gasteiger partial charge in [0.05, 0.1) is 18.9 Å². The number of rotatable bonds is 20. The summed E-state index contributed by atoms with van der Waals surface area (Å²) in [5, 5.41) is 0. The minimum absolute atomic E-state index is 0.187. The highest BCUT2D eigenvalue weighted by molar-refractivity contribution is 8.03. The number of allylic oxidation sites excluding steroid dienone is 4. The lowest BCUT2D eigenvalue weighted by Crippen LogP contribution is -2.36. The molecule has 1 aromatic rings. The summed E-state index contributed by atoms with van der Waals surface area (Å²) in [6, 6.07) is 6.32. The molecule has 2 aliphatic rings. The van der Waals surface area contributed by atoms with Gasteiger partial charge in [-0.15, -0.1) is 0 Å². The molecule has 0 unspecified atom stereocenters. The van der Waals surface area contributed by atoms with E-state index in [0.29, 0.717) is 0 Å². The second kappa shape index (κ2) is 19.3. The topological polar surface area (TPSA) is 41.9 Å². The smallest absolute Gasteiger partial charge is 0.182 e. The molecule has 0 bridgehead atoms. The predicted molar refractivity (Wildman–Crippen MR) is 170 cm³/mol. The summed E-state index contributed by atoms with van der Waals surface area (Å²) < 4.78 is 5.49. The Bertz CT molecular complexity index is 933. The third-order valence-electron chi connectivity index (χ3n) is 7.94. The molecule has 0 atom stereocenters. The van der Waals surface area contributed by atoms with Crippen molar-refractivity contribution in [2.45, 2.75) is 121 Å². The molecular weight excluding hydrogens is 500 g/mol. The highest BCUT2D eigenvalue weighted by atomic mass is 32.2. The largest absolute Gasteiger partial charge is 0.378 e. The Morgan fingerprint density at radius 2 is 1.46 bits per heavy atom. The van der Waals surface area contributed by atoms with Gasteiger partial charge < -0.3 is 9.64 Å². The van der Waals surface area contributed by atoms with Gasteiger partial charge >= 0.3 is 0 Å². The number of ketones is 1. The number of anilines is 1. The van der Waals surface area contributed by atoms with Crippen molar-refractivity contribution in [3.05, 3.63) is 40.8 Å². The van der Waals surface area contributed by atoms with Crippen LogP contribution in [0, 0.1) is 0 Å². The highest BCUT2D eigenvalue weighted by Crippen LogP contribution is 2.40. The fourth-order valence-corrected chi connectivity index (χ4v) is 6.51.